The molecule has 0 aliphatic carbocycles. The molecule has 6 heteroatoms. The van der Waals surface area contributed by atoms with E-state index in [0.29, 0.717) is 31.6 Å². The number of fused-ring (bicyclic) bond motifs is 1. The molecule has 4 rings (SSSR count). The molecule has 0 spiro atoms. The minimum atomic E-state index is -0.519. The topological polar surface area (TPSA) is 68.7 Å². The Hall–Kier alpha value is -2.89. The third-order valence-corrected chi connectivity index (χ3v) is 5.33. The number of esters is 1. The van der Waals surface area contributed by atoms with Gasteiger partial charge in [0, 0.05) is 31.8 Å². The second-order valence-electron chi connectivity index (χ2n) is 7.21. The van der Waals surface area contributed by atoms with E-state index in [4.69, 9.17) is 9.47 Å². The maximum absolute atomic E-state index is 12.8. The highest BCUT2D eigenvalue weighted by molar-refractivity contribution is 5.96. The first-order valence-electron chi connectivity index (χ1n) is 9.84. The summed E-state index contributed by atoms with van der Waals surface area (Å²) in [6, 6.07) is 9.05. The Balaban J connectivity index is 1.35. The Kier molecular flexibility index (Phi) is 5.55. The van der Waals surface area contributed by atoms with Crippen molar-refractivity contribution in [3.05, 3.63) is 59.4 Å². The SMILES string of the molecule is O=C(OCCc1ccc2c(c1)CCO2)C1CCCCN1C(=O)c1cccnc1. The molecule has 0 bridgehead atoms. The summed E-state index contributed by atoms with van der Waals surface area (Å²) in [7, 11) is 0. The summed E-state index contributed by atoms with van der Waals surface area (Å²) in [5.41, 5.74) is 2.84. The van der Waals surface area contributed by atoms with Crippen LogP contribution in [0.15, 0.2) is 42.7 Å². The highest BCUT2D eigenvalue weighted by Crippen LogP contribution is 2.26. The van der Waals surface area contributed by atoms with Crippen LogP contribution in [0.1, 0.15) is 40.7 Å². The Morgan fingerprint density at radius 1 is 1.25 bits per heavy atom. The zero-order valence-electron chi connectivity index (χ0n) is 15.8. The van der Waals surface area contributed by atoms with Gasteiger partial charge >= 0.3 is 5.97 Å². The van der Waals surface area contributed by atoms with Crippen molar-refractivity contribution in [1.82, 2.24) is 9.88 Å². The molecule has 6 nitrogen and oxygen atoms in total. The lowest BCUT2D eigenvalue weighted by molar-refractivity contribution is -0.150. The highest BCUT2D eigenvalue weighted by Gasteiger charge is 2.33. The van der Waals surface area contributed by atoms with Gasteiger partial charge < -0.3 is 14.4 Å². The van der Waals surface area contributed by atoms with Gasteiger partial charge in [0.15, 0.2) is 0 Å². The molecule has 1 unspecified atom stereocenters. The van der Waals surface area contributed by atoms with Crippen molar-refractivity contribution in [3.63, 3.8) is 0 Å². The van der Waals surface area contributed by atoms with Crippen molar-refractivity contribution < 1.29 is 19.1 Å². The fourth-order valence-electron chi connectivity index (χ4n) is 3.84. The van der Waals surface area contributed by atoms with Crippen molar-refractivity contribution in [1.29, 1.82) is 0 Å². The number of benzene rings is 1. The number of ether oxygens (including phenoxy) is 2. The van der Waals surface area contributed by atoms with Gasteiger partial charge in [-0.25, -0.2) is 4.79 Å². The van der Waals surface area contributed by atoms with Gasteiger partial charge in [0.05, 0.1) is 18.8 Å². The standard InChI is InChI=1S/C22H24N2O4/c25-21(18-4-3-10-23-15-18)24-11-2-1-5-19(24)22(26)28-12-8-16-6-7-20-17(14-16)9-13-27-20/h3-4,6-7,10,14-15,19H,1-2,5,8-9,11-13H2. The van der Waals surface area contributed by atoms with Crippen LogP contribution >= 0.6 is 0 Å². The zero-order valence-corrected chi connectivity index (χ0v) is 15.8. The first-order chi connectivity index (χ1) is 13.7. The largest absolute Gasteiger partial charge is 0.493 e. The van der Waals surface area contributed by atoms with Crippen molar-refractivity contribution in [2.45, 2.75) is 38.1 Å². The Labute approximate surface area is 164 Å². The molecule has 1 aromatic heterocycles. The summed E-state index contributed by atoms with van der Waals surface area (Å²) >= 11 is 0. The van der Waals surface area contributed by atoms with E-state index in [9.17, 15) is 9.59 Å². The molecule has 2 aliphatic heterocycles. The molecule has 1 aromatic carbocycles. The quantitative estimate of drug-likeness (QED) is 0.746. The number of carbonyl (C=O) groups excluding carboxylic acids is 2. The Morgan fingerprint density at radius 3 is 3.04 bits per heavy atom. The lowest BCUT2D eigenvalue weighted by Crippen LogP contribution is -2.48. The molecule has 146 valence electrons. The van der Waals surface area contributed by atoms with E-state index < -0.39 is 6.04 Å². The van der Waals surface area contributed by atoms with Gasteiger partial charge in [0.2, 0.25) is 0 Å². The van der Waals surface area contributed by atoms with Gasteiger partial charge in [-0.15, -0.1) is 0 Å². The molecular formula is C22H24N2O4. The number of carbonyl (C=O) groups is 2. The average Bonchev–Trinajstić information content (AvgIpc) is 3.22. The summed E-state index contributed by atoms with van der Waals surface area (Å²) in [4.78, 5) is 31.1. The van der Waals surface area contributed by atoms with E-state index in [1.165, 1.54) is 11.8 Å². The monoisotopic (exact) mass is 380 g/mol. The van der Waals surface area contributed by atoms with Crippen LogP contribution in [0.2, 0.25) is 0 Å². The predicted octanol–water partition coefficient (Wildman–Crippen LogP) is 2.80. The molecule has 1 atom stereocenters. The van der Waals surface area contributed by atoms with Crippen LogP contribution in [0.25, 0.3) is 0 Å². The molecule has 2 aliphatic rings. The van der Waals surface area contributed by atoms with Gasteiger partial charge in [-0.3, -0.25) is 9.78 Å². The maximum atomic E-state index is 12.8. The second-order valence-corrected chi connectivity index (χ2v) is 7.21. The van der Waals surface area contributed by atoms with E-state index in [2.05, 4.69) is 11.1 Å². The van der Waals surface area contributed by atoms with Crippen molar-refractivity contribution in [2.75, 3.05) is 19.8 Å². The van der Waals surface area contributed by atoms with E-state index in [1.807, 2.05) is 12.1 Å². The van der Waals surface area contributed by atoms with Crippen molar-refractivity contribution in [2.24, 2.45) is 0 Å². The highest BCUT2D eigenvalue weighted by atomic mass is 16.5. The van der Waals surface area contributed by atoms with E-state index >= 15 is 0 Å². The fraction of sp³-hybridized carbons (Fsp3) is 0.409. The number of piperidine rings is 1. The number of amides is 1. The number of nitrogens with zero attached hydrogens (tertiary/aromatic N) is 2. The molecule has 1 amide bonds. The summed E-state index contributed by atoms with van der Waals surface area (Å²) in [6.45, 7) is 1.61. The van der Waals surface area contributed by atoms with Gasteiger partial charge in [0.25, 0.3) is 5.91 Å². The summed E-state index contributed by atoms with van der Waals surface area (Å²) in [5, 5.41) is 0. The number of rotatable bonds is 5. The molecular weight excluding hydrogens is 356 g/mol. The summed E-state index contributed by atoms with van der Waals surface area (Å²) < 4.78 is 11.1. The number of hydrogen-bond donors (Lipinski definition) is 0. The van der Waals surface area contributed by atoms with Gasteiger partial charge in [0.1, 0.15) is 11.8 Å². The third-order valence-electron chi connectivity index (χ3n) is 5.33. The zero-order chi connectivity index (χ0) is 19.3. The van der Waals surface area contributed by atoms with Gasteiger partial charge in [-0.2, -0.15) is 0 Å². The number of aromatic nitrogens is 1. The number of likely N-dealkylation sites (tertiary alicyclic amines) is 1. The van der Waals surface area contributed by atoms with E-state index in [-0.39, 0.29) is 11.9 Å². The molecule has 0 N–H and O–H groups in total. The normalized spacial score (nSPS) is 18.3. The van der Waals surface area contributed by atoms with Crippen LogP contribution in [0.4, 0.5) is 0 Å². The van der Waals surface area contributed by atoms with Gasteiger partial charge in [-0.1, -0.05) is 12.1 Å². The number of pyridine rings is 1. The van der Waals surface area contributed by atoms with Crippen molar-refractivity contribution in [3.8, 4) is 5.75 Å². The van der Waals surface area contributed by atoms with E-state index in [1.54, 1.807) is 23.2 Å². The molecule has 0 saturated carbocycles. The van der Waals surface area contributed by atoms with Crippen LogP contribution in [0, 0.1) is 0 Å². The van der Waals surface area contributed by atoms with E-state index in [0.717, 1.165) is 37.2 Å². The molecule has 2 aromatic rings. The molecule has 3 heterocycles. The predicted molar refractivity (Wildman–Crippen MR) is 103 cm³/mol. The molecule has 0 radical (unpaired) electrons. The summed E-state index contributed by atoms with van der Waals surface area (Å²) in [6.07, 6.45) is 7.20. The summed E-state index contributed by atoms with van der Waals surface area (Å²) in [5.74, 6) is 0.474. The fourth-order valence-corrected chi connectivity index (χ4v) is 3.84. The Morgan fingerprint density at radius 2 is 2.18 bits per heavy atom. The third kappa shape index (κ3) is 4.01. The first-order valence-corrected chi connectivity index (χ1v) is 9.84. The lowest BCUT2D eigenvalue weighted by atomic mass is 10.0. The van der Waals surface area contributed by atoms with Crippen LogP contribution in [0.3, 0.4) is 0 Å². The van der Waals surface area contributed by atoms with Crippen LogP contribution < -0.4 is 4.74 Å². The Bertz CT molecular complexity index is 853. The first kappa shape index (κ1) is 18.5. The van der Waals surface area contributed by atoms with Crippen LogP contribution in [-0.2, 0) is 22.4 Å². The minimum Gasteiger partial charge on any atom is -0.493 e. The van der Waals surface area contributed by atoms with Crippen LogP contribution in [-0.4, -0.2) is 47.6 Å². The maximum Gasteiger partial charge on any atom is 0.328 e. The smallest absolute Gasteiger partial charge is 0.328 e. The van der Waals surface area contributed by atoms with Crippen molar-refractivity contribution >= 4 is 11.9 Å². The molecule has 1 saturated heterocycles. The lowest BCUT2D eigenvalue weighted by Gasteiger charge is -2.34. The minimum absolute atomic E-state index is 0.159. The van der Waals surface area contributed by atoms with Crippen LogP contribution in [0.5, 0.6) is 5.75 Å². The number of hydrogen-bond acceptors (Lipinski definition) is 5. The average molecular weight is 380 g/mol. The molecule has 1 fully saturated rings. The van der Waals surface area contributed by atoms with Gasteiger partial charge in [-0.05, 0) is 48.6 Å². The molecule has 28 heavy (non-hydrogen) atoms. The second kappa shape index (κ2) is 8.42.